The lowest BCUT2D eigenvalue weighted by Crippen LogP contribution is -1.98. The molecule has 2 atom stereocenters. The third-order valence-corrected chi connectivity index (χ3v) is 1.95. The molecule has 0 aromatic rings. The molecule has 8 heavy (non-hydrogen) atoms. The van der Waals surface area contributed by atoms with Crippen LogP contribution < -0.4 is 0 Å². The quantitative estimate of drug-likeness (QED) is 0.362. The summed E-state index contributed by atoms with van der Waals surface area (Å²) in [5.74, 6) is 0.318. The summed E-state index contributed by atoms with van der Waals surface area (Å²) in [4.78, 5) is 10.1. The maximum absolute atomic E-state index is 10.1. The van der Waals surface area contributed by atoms with Crippen LogP contribution in [-0.4, -0.2) is 18.5 Å². The van der Waals surface area contributed by atoms with E-state index in [0.29, 0.717) is 18.1 Å². The molecular weight excluding hydrogens is 104 g/mol. The number of aldehydes is 1. The van der Waals surface area contributed by atoms with Crippen LogP contribution in [0.4, 0.5) is 0 Å². The highest BCUT2D eigenvalue weighted by Gasteiger charge is 2.47. The van der Waals surface area contributed by atoms with E-state index in [9.17, 15) is 4.79 Å². The minimum absolute atomic E-state index is 0.318. The lowest BCUT2D eigenvalue weighted by molar-refractivity contribution is -0.111. The first-order chi connectivity index (χ1) is 3.90. The number of epoxide rings is 1. The van der Waals surface area contributed by atoms with E-state index in [0.717, 1.165) is 19.1 Å². The van der Waals surface area contributed by atoms with Gasteiger partial charge < -0.3 is 9.53 Å². The molecule has 1 aliphatic heterocycles. The van der Waals surface area contributed by atoms with E-state index in [-0.39, 0.29) is 0 Å². The van der Waals surface area contributed by atoms with Gasteiger partial charge in [0.2, 0.25) is 0 Å². The van der Waals surface area contributed by atoms with Crippen molar-refractivity contribution in [3.05, 3.63) is 0 Å². The first kappa shape index (κ1) is 4.50. The zero-order valence-corrected chi connectivity index (χ0v) is 4.54. The smallest absolute Gasteiger partial charge is 0.123 e. The summed E-state index contributed by atoms with van der Waals surface area (Å²) in [6, 6.07) is 0. The standard InChI is InChI=1S/C6H8O2/c7-3-4-1-5-6(2-4)8-5/h3-6H,1-2H2. The molecule has 2 heteroatoms. The molecule has 1 heterocycles. The van der Waals surface area contributed by atoms with E-state index >= 15 is 0 Å². The number of ether oxygens (including phenoxy) is 1. The molecule has 1 aliphatic carbocycles. The van der Waals surface area contributed by atoms with Crippen molar-refractivity contribution in [2.24, 2.45) is 5.92 Å². The molecule has 0 radical (unpaired) electrons. The number of hydrogen-bond donors (Lipinski definition) is 0. The summed E-state index contributed by atoms with van der Waals surface area (Å²) in [6.07, 6.45) is 3.94. The number of rotatable bonds is 1. The summed E-state index contributed by atoms with van der Waals surface area (Å²) < 4.78 is 5.13. The van der Waals surface area contributed by atoms with Crippen LogP contribution in [0.25, 0.3) is 0 Å². The van der Waals surface area contributed by atoms with Crippen LogP contribution in [0.1, 0.15) is 12.8 Å². The van der Waals surface area contributed by atoms with Gasteiger partial charge in [-0.1, -0.05) is 0 Å². The molecule has 2 fully saturated rings. The Labute approximate surface area is 47.8 Å². The van der Waals surface area contributed by atoms with Crippen molar-refractivity contribution in [2.45, 2.75) is 25.0 Å². The van der Waals surface area contributed by atoms with Gasteiger partial charge in [-0.2, -0.15) is 0 Å². The molecule has 0 spiro atoms. The third-order valence-electron chi connectivity index (χ3n) is 1.95. The fraction of sp³-hybridized carbons (Fsp3) is 0.833. The maximum Gasteiger partial charge on any atom is 0.123 e. The molecule has 2 rings (SSSR count). The average molecular weight is 112 g/mol. The molecule has 1 saturated heterocycles. The summed E-state index contributed by atoms with van der Waals surface area (Å²) in [6.45, 7) is 0. The number of fused-ring (bicyclic) bond motifs is 1. The lowest BCUT2D eigenvalue weighted by atomic mass is 10.1. The van der Waals surface area contributed by atoms with Gasteiger partial charge >= 0.3 is 0 Å². The fourth-order valence-electron chi connectivity index (χ4n) is 1.40. The van der Waals surface area contributed by atoms with Gasteiger partial charge in [-0.05, 0) is 12.8 Å². The summed E-state index contributed by atoms with van der Waals surface area (Å²) >= 11 is 0. The predicted molar refractivity (Wildman–Crippen MR) is 27.4 cm³/mol. The van der Waals surface area contributed by atoms with Gasteiger partial charge in [0, 0.05) is 5.92 Å². The third kappa shape index (κ3) is 0.494. The van der Waals surface area contributed by atoms with E-state index in [1.54, 1.807) is 0 Å². The molecule has 1 saturated carbocycles. The molecule has 0 bridgehead atoms. The Bertz CT molecular complexity index is 112. The van der Waals surface area contributed by atoms with Crippen LogP contribution >= 0.6 is 0 Å². The SMILES string of the molecule is O=CC1CC2OC2C1. The highest BCUT2D eigenvalue weighted by atomic mass is 16.6. The van der Waals surface area contributed by atoms with Crippen molar-refractivity contribution >= 4 is 6.29 Å². The summed E-state index contributed by atoms with van der Waals surface area (Å²) in [5, 5.41) is 0. The van der Waals surface area contributed by atoms with Crippen LogP contribution in [-0.2, 0) is 9.53 Å². The topological polar surface area (TPSA) is 29.6 Å². The molecule has 0 N–H and O–H groups in total. The van der Waals surface area contributed by atoms with Crippen molar-refractivity contribution in [1.29, 1.82) is 0 Å². The molecule has 0 amide bonds. The van der Waals surface area contributed by atoms with Crippen molar-refractivity contribution < 1.29 is 9.53 Å². The Balaban J connectivity index is 1.98. The molecule has 44 valence electrons. The van der Waals surface area contributed by atoms with E-state index < -0.39 is 0 Å². The Kier molecular flexibility index (Phi) is 0.742. The van der Waals surface area contributed by atoms with E-state index in [2.05, 4.69) is 0 Å². The van der Waals surface area contributed by atoms with Crippen LogP contribution in [0.3, 0.4) is 0 Å². The summed E-state index contributed by atoms with van der Waals surface area (Å²) in [7, 11) is 0. The van der Waals surface area contributed by atoms with Gasteiger partial charge in [0.05, 0.1) is 12.2 Å². The molecule has 0 aromatic carbocycles. The monoisotopic (exact) mass is 112 g/mol. The fourth-order valence-corrected chi connectivity index (χ4v) is 1.40. The highest BCUT2D eigenvalue weighted by molar-refractivity contribution is 5.54. The molecule has 0 aromatic heterocycles. The van der Waals surface area contributed by atoms with Crippen molar-refractivity contribution in [2.75, 3.05) is 0 Å². The van der Waals surface area contributed by atoms with Crippen LogP contribution in [0.2, 0.25) is 0 Å². The second kappa shape index (κ2) is 1.32. The zero-order chi connectivity index (χ0) is 5.56. The lowest BCUT2D eigenvalue weighted by Gasteiger charge is -1.97. The molecule has 2 aliphatic rings. The molecule has 2 nitrogen and oxygen atoms in total. The van der Waals surface area contributed by atoms with Crippen molar-refractivity contribution in [3.8, 4) is 0 Å². The first-order valence-corrected chi connectivity index (χ1v) is 3.01. The van der Waals surface area contributed by atoms with Crippen molar-refractivity contribution in [3.63, 3.8) is 0 Å². The summed E-state index contributed by atoms with van der Waals surface area (Å²) in [5.41, 5.74) is 0. The second-order valence-corrected chi connectivity index (χ2v) is 2.58. The minimum atomic E-state index is 0.318. The van der Waals surface area contributed by atoms with Crippen molar-refractivity contribution in [1.82, 2.24) is 0 Å². The van der Waals surface area contributed by atoms with Gasteiger partial charge in [-0.3, -0.25) is 0 Å². The minimum Gasteiger partial charge on any atom is -0.370 e. The van der Waals surface area contributed by atoms with Gasteiger partial charge in [-0.15, -0.1) is 0 Å². The number of carbonyl (C=O) groups excluding carboxylic acids is 1. The Morgan fingerprint density at radius 2 is 2.00 bits per heavy atom. The Morgan fingerprint density at radius 3 is 2.38 bits per heavy atom. The predicted octanol–water partition coefficient (Wildman–Crippen LogP) is 0.363. The first-order valence-electron chi connectivity index (χ1n) is 3.01. The van der Waals surface area contributed by atoms with E-state index in [1.807, 2.05) is 0 Å². The Morgan fingerprint density at radius 1 is 1.38 bits per heavy atom. The normalized spacial score (nSPS) is 50.8. The van der Waals surface area contributed by atoms with Crippen LogP contribution in [0.5, 0.6) is 0 Å². The van der Waals surface area contributed by atoms with Crippen LogP contribution in [0, 0.1) is 5.92 Å². The highest BCUT2D eigenvalue weighted by Crippen LogP contribution is 2.40. The zero-order valence-electron chi connectivity index (χ0n) is 4.54. The van der Waals surface area contributed by atoms with E-state index in [1.165, 1.54) is 0 Å². The van der Waals surface area contributed by atoms with E-state index in [4.69, 9.17) is 4.74 Å². The maximum atomic E-state index is 10.1. The Hall–Kier alpha value is -0.370. The molecular formula is C6H8O2. The van der Waals surface area contributed by atoms with Gasteiger partial charge in [0.1, 0.15) is 6.29 Å². The largest absolute Gasteiger partial charge is 0.370 e. The molecule has 2 unspecified atom stereocenters. The number of hydrogen-bond acceptors (Lipinski definition) is 2. The number of carbonyl (C=O) groups is 1. The van der Waals surface area contributed by atoms with Crippen LogP contribution in [0.15, 0.2) is 0 Å². The van der Waals surface area contributed by atoms with Gasteiger partial charge in [0.25, 0.3) is 0 Å². The second-order valence-electron chi connectivity index (χ2n) is 2.58. The van der Waals surface area contributed by atoms with Gasteiger partial charge in [-0.25, -0.2) is 0 Å². The van der Waals surface area contributed by atoms with Gasteiger partial charge in [0.15, 0.2) is 0 Å². The average Bonchev–Trinajstić information content (AvgIpc) is 2.40.